The third kappa shape index (κ3) is 9.42. The van der Waals surface area contributed by atoms with E-state index in [9.17, 15) is 34.3 Å². The SMILES string of the molecule is CC(C)=CCC/C(C)=C/CC/C(C)=C/CN1C(=O)c2cccc(O)c2Nc2c(OP(=O)(O)O)cc(OP(O)CO)cc21. The number of amides is 1. The highest BCUT2D eigenvalue weighted by Gasteiger charge is 2.32. The molecule has 228 valence electrons. The molecule has 0 bridgehead atoms. The third-order valence-corrected chi connectivity index (χ3v) is 7.51. The predicted molar refractivity (Wildman–Crippen MR) is 164 cm³/mol. The quantitative estimate of drug-likeness (QED) is 0.0813. The number of benzene rings is 2. The lowest BCUT2D eigenvalue weighted by Gasteiger charge is -2.24. The summed E-state index contributed by atoms with van der Waals surface area (Å²) in [6.45, 7) is 8.30. The van der Waals surface area contributed by atoms with E-state index in [-0.39, 0.29) is 46.4 Å². The number of aliphatic hydroxyl groups excluding tert-OH is 1. The Balaban J connectivity index is 2.00. The number of nitrogens with zero attached hydrogens (tertiary/aromatic N) is 1. The van der Waals surface area contributed by atoms with E-state index in [2.05, 4.69) is 38.2 Å². The molecule has 42 heavy (non-hydrogen) atoms. The van der Waals surface area contributed by atoms with Crippen molar-refractivity contribution in [1.82, 2.24) is 0 Å². The number of phosphoric acid groups is 1. The average Bonchev–Trinajstić information content (AvgIpc) is 3.01. The zero-order valence-electron chi connectivity index (χ0n) is 24.1. The van der Waals surface area contributed by atoms with Crippen LogP contribution in [0.5, 0.6) is 17.2 Å². The topological polar surface area (TPSA) is 169 Å². The van der Waals surface area contributed by atoms with Crippen LogP contribution in [0.15, 0.2) is 65.3 Å². The minimum atomic E-state index is -5.09. The highest BCUT2D eigenvalue weighted by atomic mass is 31.2. The number of carbonyl (C=O) groups is 1. The molecule has 0 saturated heterocycles. The van der Waals surface area contributed by atoms with Gasteiger partial charge < -0.3 is 34.4 Å². The van der Waals surface area contributed by atoms with Gasteiger partial charge in [0, 0.05) is 18.7 Å². The molecule has 1 atom stereocenters. The first-order chi connectivity index (χ1) is 19.8. The molecular formula is C29H38N2O9P2. The number of aromatic hydroxyl groups is 1. The molecule has 0 aliphatic carbocycles. The molecule has 1 aliphatic heterocycles. The van der Waals surface area contributed by atoms with Crippen LogP contribution in [0.1, 0.15) is 63.7 Å². The van der Waals surface area contributed by atoms with Crippen molar-refractivity contribution in [3.63, 3.8) is 0 Å². The van der Waals surface area contributed by atoms with Crippen LogP contribution < -0.4 is 19.3 Å². The van der Waals surface area contributed by atoms with Gasteiger partial charge in [-0.1, -0.05) is 41.0 Å². The lowest BCUT2D eigenvalue weighted by atomic mass is 10.1. The van der Waals surface area contributed by atoms with Crippen molar-refractivity contribution in [1.29, 1.82) is 0 Å². The molecule has 0 radical (unpaired) electrons. The van der Waals surface area contributed by atoms with Crippen molar-refractivity contribution < 1.29 is 43.3 Å². The zero-order valence-corrected chi connectivity index (χ0v) is 25.9. The van der Waals surface area contributed by atoms with Crippen LogP contribution in [0, 0.1) is 0 Å². The molecule has 1 amide bonds. The number of allylic oxidation sites excluding steroid dienone is 5. The molecule has 1 unspecified atom stereocenters. The fraction of sp³-hybridized carbons (Fsp3) is 0.345. The summed E-state index contributed by atoms with van der Waals surface area (Å²) in [5, 5.41) is 22.7. The Hall–Kier alpha value is -3.17. The molecular weight excluding hydrogens is 582 g/mol. The lowest BCUT2D eigenvalue weighted by Crippen LogP contribution is -2.30. The lowest BCUT2D eigenvalue weighted by molar-refractivity contribution is 0.0990. The number of fused-ring (bicyclic) bond motifs is 2. The number of rotatable bonds is 13. The largest absolute Gasteiger partial charge is 0.524 e. The fourth-order valence-electron chi connectivity index (χ4n) is 4.31. The molecule has 6 N–H and O–H groups in total. The van der Waals surface area contributed by atoms with E-state index < -0.39 is 28.5 Å². The van der Waals surface area contributed by atoms with Crippen LogP contribution in [0.3, 0.4) is 0 Å². The number of carbonyl (C=O) groups excluding carboxylic acids is 1. The molecule has 1 aliphatic rings. The van der Waals surface area contributed by atoms with Gasteiger partial charge >= 0.3 is 7.82 Å². The van der Waals surface area contributed by atoms with Crippen molar-refractivity contribution in [3.8, 4) is 17.2 Å². The maximum atomic E-state index is 13.8. The fourth-order valence-corrected chi connectivity index (χ4v) is 5.12. The third-order valence-electron chi connectivity index (χ3n) is 6.41. The molecule has 0 fully saturated rings. The molecule has 3 rings (SSSR count). The van der Waals surface area contributed by atoms with E-state index in [0.29, 0.717) is 0 Å². The zero-order chi connectivity index (χ0) is 31.0. The van der Waals surface area contributed by atoms with Crippen molar-refractivity contribution in [2.75, 3.05) is 23.1 Å². The Bertz CT molecular complexity index is 1430. The summed E-state index contributed by atoms with van der Waals surface area (Å²) in [6, 6.07) is 6.90. The Kier molecular flexibility index (Phi) is 11.8. The number of nitrogens with one attached hydrogen (secondary N) is 1. The Morgan fingerprint density at radius 2 is 1.69 bits per heavy atom. The van der Waals surface area contributed by atoms with Gasteiger partial charge in [-0.2, -0.15) is 0 Å². The Morgan fingerprint density at radius 3 is 2.33 bits per heavy atom. The van der Waals surface area contributed by atoms with Gasteiger partial charge in [-0.05, 0) is 65.5 Å². The van der Waals surface area contributed by atoms with Crippen molar-refractivity contribution in [2.24, 2.45) is 0 Å². The molecule has 1 heterocycles. The van der Waals surface area contributed by atoms with Crippen LogP contribution in [0.25, 0.3) is 0 Å². The predicted octanol–water partition coefficient (Wildman–Crippen LogP) is 6.62. The van der Waals surface area contributed by atoms with E-state index in [1.807, 2.05) is 13.0 Å². The summed E-state index contributed by atoms with van der Waals surface area (Å²) < 4.78 is 22.1. The van der Waals surface area contributed by atoms with Crippen LogP contribution in [0.2, 0.25) is 0 Å². The second kappa shape index (κ2) is 14.8. The normalized spacial score (nSPS) is 14.4. The van der Waals surface area contributed by atoms with Gasteiger partial charge in [0.15, 0.2) is 5.75 Å². The highest BCUT2D eigenvalue weighted by Crippen LogP contribution is 2.51. The molecule has 13 heteroatoms. The summed E-state index contributed by atoms with van der Waals surface area (Å²) in [7, 11) is -7.41. The van der Waals surface area contributed by atoms with E-state index in [0.717, 1.165) is 37.3 Å². The van der Waals surface area contributed by atoms with Gasteiger partial charge in [-0.3, -0.25) is 14.6 Å². The first-order valence-electron chi connectivity index (χ1n) is 13.3. The van der Waals surface area contributed by atoms with Crippen molar-refractivity contribution >= 4 is 39.2 Å². The van der Waals surface area contributed by atoms with Crippen LogP contribution >= 0.6 is 16.2 Å². The Labute approximate surface area is 247 Å². The standard InChI is InChI=1S/C29H38N2O9P2/c1-19(2)8-5-9-20(3)10-6-11-21(4)14-15-31-24-16-22(39-41(35)18-32)17-26(40-42(36,37)38)28(24)30-27-23(29(31)34)12-7-13-25(27)33/h7-8,10,12-14,16-17,30,32-33,35H,5-6,9,11,15,18H2,1-4H3,(H2,36,37,38)/b20-10+,21-14+. The number of hydrogen-bond donors (Lipinski definition) is 6. The van der Waals surface area contributed by atoms with Gasteiger partial charge in [0.05, 0.1) is 16.9 Å². The van der Waals surface area contributed by atoms with Gasteiger partial charge in [-0.15, -0.1) is 0 Å². The summed E-state index contributed by atoms with van der Waals surface area (Å²) in [5.74, 6) is -1.24. The van der Waals surface area contributed by atoms with Gasteiger partial charge in [0.25, 0.3) is 14.3 Å². The first-order valence-corrected chi connectivity index (χ1v) is 16.3. The second-order valence-corrected chi connectivity index (χ2v) is 12.5. The van der Waals surface area contributed by atoms with Crippen molar-refractivity contribution in [3.05, 3.63) is 70.8 Å². The van der Waals surface area contributed by atoms with Crippen molar-refractivity contribution in [2.45, 2.75) is 53.4 Å². The Morgan fingerprint density at radius 1 is 1.02 bits per heavy atom. The number of anilines is 3. The summed E-state index contributed by atoms with van der Waals surface area (Å²) >= 11 is 0. The summed E-state index contributed by atoms with van der Waals surface area (Å²) in [5.41, 5.74) is 3.88. The molecule has 2 aromatic rings. The first kappa shape index (κ1) is 33.3. The molecule has 11 nitrogen and oxygen atoms in total. The smallest absolute Gasteiger partial charge is 0.506 e. The van der Waals surface area contributed by atoms with Crippen LogP contribution in [-0.4, -0.2) is 43.7 Å². The number of phosphoric ester groups is 1. The van der Waals surface area contributed by atoms with E-state index in [1.54, 1.807) is 0 Å². The van der Waals surface area contributed by atoms with Gasteiger partial charge in [-0.25, -0.2) is 4.57 Å². The van der Waals surface area contributed by atoms with E-state index in [4.69, 9.17) is 9.05 Å². The average molecular weight is 621 g/mol. The molecule has 0 spiro atoms. The van der Waals surface area contributed by atoms with E-state index >= 15 is 0 Å². The number of para-hydroxylation sites is 1. The number of hydrogen-bond acceptors (Lipinski definition) is 8. The number of phenolic OH excluding ortho intramolecular Hbond substituents is 1. The molecule has 0 saturated carbocycles. The molecule has 0 aromatic heterocycles. The molecule has 2 aromatic carbocycles. The van der Waals surface area contributed by atoms with Crippen LogP contribution in [0.4, 0.5) is 17.1 Å². The van der Waals surface area contributed by atoms with Crippen LogP contribution in [-0.2, 0) is 4.57 Å². The van der Waals surface area contributed by atoms with E-state index in [1.165, 1.54) is 40.3 Å². The summed E-state index contributed by atoms with van der Waals surface area (Å²) in [6.07, 6.45) is 9.17. The van der Waals surface area contributed by atoms with Gasteiger partial charge in [0.1, 0.15) is 23.5 Å². The minimum absolute atomic E-state index is 0.00785. The highest BCUT2D eigenvalue weighted by molar-refractivity contribution is 7.46. The maximum Gasteiger partial charge on any atom is 0.524 e. The number of aliphatic hydroxyl groups is 1. The number of phenols is 1. The monoisotopic (exact) mass is 620 g/mol. The maximum absolute atomic E-state index is 13.8. The minimum Gasteiger partial charge on any atom is -0.506 e. The second-order valence-electron chi connectivity index (χ2n) is 10.2. The summed E-state index contributed by atoms with van der Waals surface area (Å²) in [4.78, 5) is 44.3. The van der Waals surface area contributed by atoms with Gasteiger partial charge in [0.2, 0.25) is 0 Å².